The van der Waals surface area contributed by atoms with E-state index in [0.717, 1.165) is 5.52 Å². The van der Waals surface area contributed by atoms with Gasteiger partial charge in [0, 0.05) is 10.9 Å². The molecule has 0 aliphatic heterocycles. The Balaban J connectivity index is 1.93. The van der Waals surface area contributed by atoms with Crippen molar-refractivity contribution in [1.29, 1.82) is 0 Å². The molecule has 2 aromatic carbocycles. The zero-order valence-electron chi connectivity index (χ0n) is 11.8. The highest BCUT2D eigenvalue weighted by Gasteiger charge is 2.12. The van der Waals surface area contributed by atoms with E-state index in [1.54, 1.807) is 24.3 Å². The van der Waals surface area contributed by atoms with Gasteiger partial charge in [0.1, 0.15) is 0 Å². The molecule has 3 N–H and O–H groups in total. The van der Waals surface area contributed by atoms with Crippen molar-refractivity contribution >= 4 is 27.9 Å². The summed E-state index contributed by atoms with van der Waals surface area (Å²) in [4.78, 5) is 33.6. The number of nitrogens with one attached hydrogen (secondary N) is 2. The molecule has 0 saturated heterocycles. The molecule has 0 amide bonds. The fourth-order valence-corrected chi connectivity index (χ4v) is 2.61. The third kappa shape index (κ3) is 2.17. The SMILES string of the molecule is O=C(O)c1ccc2[nH]c(-c3nc4ccccc4[nH]c3=O)cc2c1. The quantitative estimate of drug-likeness (QED) is 0.530. The van der Waals surface area contributed by atoms with Gasteiger partial charge in [-0.1, -0.05) is 12.1 Å². The van der Waals surface area contributed by atoms with Crippen LogP contribution in [0.3, 0.4) is 0 Å². The number of carboxylic acid groups (broad SMARTS) is 1. The first-order chi connectivity index (χ1) is 11.1. The summed E-state index contributed by atoms with van der Waals surface area (Å²) >= 11 is 0. The van der Waals surface area contributed by atoms with Crippen molar-refractivity contribution in [2.75, 3.05) is 0 Å². The van der Waals surface area contributed by atoms with Gasteiger partial charge in [-0.25, -0.2) is 9.78 Å². The molecular formula is C17H11N3O3. The average molecular weight is 305 g/mol. The van der Waals surface area contributed by atoms with E-state index < -0.39 is 5.97 Å². The van der Waals surface area contributed by atoms with Crippen molar-refractivity contribution in [2.24, 2.45) is 0 Å². The average Bonchev–Trinajstić information content (AvgIpc) is 2.96. The second kappa shape index (κ2) is 4.81. The van der Waals surface area contributed by atoms with Gasteiger partial charge in [-0.2, -0.15) is 0 Å². The van der Waals surface area contributed by atoms with Crippen molar-refractivity contribution in [3.8, 4) is 11.4 Å². The largest absolute Gasteiger partial charge is 0.478 e. The molecule has 0 aliphatic rings. The second-order valence-electron chi connectivity index (χ2n) is 5.22. The van der Waals surface area contributed by atoms with Crippen molar-refractivity contribution in [3.63, 3.8) is 0 Å². The summed E-state index contributed by atoms with van der Waals surface area (Å²) in [6.45, 7) is 0. The van der Waals surface area contributed by atoms with Crippen LogP contribution in [0.15, 0.2) is 53.3 Å². The van der Waals surface area contributed by atoms with Gasteiger partial charge in [-0.15, -0.1) is 0 Å². The molecule has 6 nitrogen and oxygen atoms in total. The van der Waals surface area contributed by atoms with E-state index in [2.05, 4.69) is 15.0 Å². The van der Waals surface area contributed by atoms with Gasteiger partial charge in [-0.05, 0) is 36.4 Å². The first kappa shape index (κ1) is 13.3. The van der Waals surface area contributed by atoms with Crippen molar-refractivity contribution in [1.82, 2.24) is 15.0 Å². The third-order valence-electron chi connectivity index (χ3n) is 3.72. The number of benzene rings is 2. The number of rotatable bonds is 2. The van der Waals surface area contributed by atoms with Gasteiger partial charge in [0.05, 0.1) is 22.3 Å². The standard InChI is InChI=1S/C17H11N3O3/c21-16-15(19-12-3-1-2-4-13(12)20-16)14-8-10-7-9(17(22)23)5-6-11(10)18-14/h1-8,18H,(H,20,21)(H,22,23). The molecule has 2 aromatic heterocycles. The van der Waals surface area contributed by atoms with Crippen LogP contribution in [0.2, 0.25) is 0 Å². The van der Waals surface area contributed by atoms with Crippen molar-refractivity contribution in [3.05, 3.63) is 64.4 Å². The Kier molecular flexibility index (Phi) is 2.77. The predicted molar refractivity (Wildman–Crippen MR) is 86.6 cm³/mol. The smallest absolute Gasteiger partial charge is 0.335 e. The molecule has 6 heteroatoms. The van der Waals surface area contributed by atoms with E-state index in [1.165, 1.54) is 6.07 Å². The van der Waals surface area contributed by atoms with Gasteiger partial charge < -0.3 is 15.1 Å². The highest BCUT2D eigenvalue weighted by Crippen LogP contribution is 2.23. The lowest BCUT2D eigenvalue weighted by Crippen LogP contribution is -2.11. The molecule has 4 aromatic rings. The molecule has 0 saturated carbocycles. The Morgan fingerprint density at radius 3 is 2.65 bits per heavy atom. The van der Waals surface area contributed by atoms with Crippen LogP contribution in [0.4, 0.5) is 0 Å². The molecule has 2 heterocycles. The zero-order valence-corrected chi connectivity index (χ0v) is 11.8. The van der Waals surface area contributed by atoms with Crippen molar-refractivity contribution < 1.29 is 9.90 Å². The minimum Gasteiger partial charge on any atom is -0.478 e. The minimum absolute atomic E-state index is 0.198. The topological polar surface area (TPSA) is 98.8 Å². The third-order valence-corrected chi connectivity index (χ3v) is 3.72. The fraction of sp³-hybridized carbons (Fsp3) is 0. The molecule has 0 atom stereocenters. The summed E-state index contributed by atoms with van der Waals surface area (Å²) in [5, 5.41) is 9.77. The van der Waals surface area contributed by atoms with Crippen LogP contribution in [-0.4, -0.2) is 26.0 Å². The van der Waals surface area contributed by atoms with Gasteiger partial charge in [0.2, 0.25) is 0 Å². The molecule has 0 unspecified atom stereocenters. The maximum absolute atomic E-state index is 12.3. The summed E-state index contributed by atoms with van der Waals surface area (Å²) in [5.74, 6) is -0.990. The van der Waals surface area contributed by atoms with Crippen LogP contribution in [-0.2, 0) is 0 Å². The van der Waals surface area contributed by atoms with Gasteiger partial charge in [0.25, 0.3) is 5.56 Å². The molecule has 4 rings (SSSR count). The van der Waals surface area contributed by atoms with Crippen LogP contribution in [0.5, 0.6) is 0 Å². The predicted octanol–water partition coefficient (Wildman–Crippen LogP) is 2.77. The summed E-state index contributed by atoms with van der Waals surface area (Å²) in [7, 11) is 0. The van der Waals surface area contributed by atoms with Crippen LogP contribution in [0, 0.1) is 0 Å². The van der Waals surface area contributed by atoms with E-state index in [1.807, 2.05) is 18.2 Å². The van der Waals surface area contributed by atoms with Crippen LogP contribution in [0.1, 0.15) is 10.4 Å². The Morgan fingerprint density at radius 2 is 1.83 bits per heavy atom. The highest BCUT2D eigenvalue weighted by atomic mass is 16.4. The number of aromatic nitrogens is 3. The lowest BCUT2D eigenvalue weighted by atomic mass is 10.1. The molecule has 0 radical (unpaired) electrons. The molecule has 0 aliphatic carbocycles. The number of fused-ring (bicyclic) bond motifs is 2. The van der Waals surface area contributed by atoms with E-state index in [-0.39, 0.29) is 16.8 Å². The summed E-state index contributed by atoms with van der Waals surface area (Å²) in [5.41, 5.74) is 2.83. The number of hydrogen-bond donors (Lipinski definition) is 3. The number of carboxylic acids is 1. The van der Waals surface area contributed by atoms with Gasteiger partial charge in [0.15, 0.2) is 5.69 Å². The Labute approximate surface area is 129 Å². The van der Waals surface area contributed by atoms with E-state index >= 15 is 0 Å². The Morgan fingerprint density at radius 1 is 1.00 bits per heavy atom. The number of carbonyl (C=O) groups is 1. The number of para-hydroxylation sites is 2. The zero-order chi connectivity index (χ0) is 16.0. The van der Waals surface area contributed by atoms with Crippen LogP contribution in [0.25, 0.3) is 33.3 Å². The van der Waals surface area contributed by atoms with Crippen molar-refractivity contribution in [2.45, 2.75) is 0 Å². The maximum atomic E-state index is 12.3. The fourth-order valence-electron chi connectivity index (χ4n) is 2.61. The highest BCUT2D eigenvalue weighted by molar-refractivity contribution is 5.95. The number of nitrogens with zero attached hydrogens (tertiary/aromatic N) is 1. The minimum atomic E-state index is -0.990. The Hall–Kier alpha value is -3.41. The lowest BCUT2D eigenvalue weighted by Gasteiger charge is -2.00. The van der Waals surface area contributed by atoms with Gasteiger partial charge >= 0.3 is 5.97 Å². The van der Waals surface area contributed by atoms with E-state index in [4.69, 9.17) is 5.11 Å². The first-order valence-corrected chi connectivity index (χ1v) is 6.97. The summed E-state index contributed by atoms with van der Waals surface area (Å²) < 4.78 is 0. The van der Waals surface area contributed by atoms with Crippen LogP contribution < -0.4 is 5.56 Å². The number of hydrogen-bond acceptors (Lipinski definition) is 3. The molecule has 0 fully saturated rings. The van der Waals surface area contributed by atoms with Gasteiger partial charge in [-0.3, -0.25) is 4.79 Å². The molecular weight excluding hydrogens is 294 g/mol. The number of H-pyrrole nitrogens is 2. The number of aromatic carboxylic acids is 1. The monoisotopic (exact) mass is 305 g/mol. The second-order valence-corrected chi connectivity index (χ2v) is 5.22. The molecule has 0 spiro atoms. The lowest BCUT2D eigenvalue weighted by molar-refractivity contribution is 0.0697. The first-order valence-electron chi connectivity index (χ1n) is 6.97. The Bertz CT molecular complexity index is 1120. The van der Waals surface area contributed by atoms with E-state index in [9.17, 15) is 9.59 Å². The number of aromatic amines is 2. The molecule has 0 bridgehead atoms. The normalized spacial score (nSPS) is 11.1. The van der Waals surface area contributed by atoms with Crippen LogP contribution >= 0.6 is 0 Å². The summed E-state index contributed by atoms with van der Waals surface area (Å²) in [6, 6.07) is 13.8. The van der Waals surface area contributed by atoms with E-state index in [0.29, 0.717) is 22.1 Å². The maximum Gasteiger partial charge on any atom is 0.335 e. The molecule has 112 valence electrons. The molecule has 23 heavy (non-hydrogen) atoms. The summed E-state index contributed by atoms with van der Waals surface area (Å²) in [6.07, 6.45) is 0.